The Kier molecular flexibility index (Phi) is 8.47. The Hall–Kier alpha value is -3.34. The highest BCUT2D eigenvalue weighted by atomic mass is 16.5. The molecular weight excluding hydrogens is 412 g/mol. The Morgan fingerprint density at radius 2 is 1.67 bits per heavy atom. The van der Waals surface area contributed by atoms with Crippen LogP contribution in [0, 0.1) is 0 Å². The molecule has 0 saturated heterocycles. The topological polar surface area (TPSA) is 58.6 Å². The molecule has 0 fully saturated rings. The van der Waals surface area contributed by atoms with E-state index in [-0.39, 0.29) is 17.9 Å². The van der Waals surface area contributed by atoms with Gasteiger partial charge >= 0.3 is 0 Å². The van der Waals surface area contributed by atoms with Crippen molar-refractivity contribution in [3.05, 3.63) is 77.9 Å². The summed E-state index contributed by atoms with van der Waals surface area (Å²) < 4.78 is 5.25. The average molecular weight is 447 g/mol. The minimum Gasteiger partial charge on any atom is -0.497 e. The van der Waals surface area contributed by atoms with Gasteiger partial charge in [0.25, 0.3) is 0 Å². The number of hydrogen-bond acceptors (Lipinski definition) is 3. The third-order valence-electron chi connectivity index (χ3n) is 5.82. The standard InChI is InChI=1S/C28H34N2O3/c1-5-26(28(32)29-20(2)3)30(19-21-13-16-24(33-4)17-14-21)27(31)18-15-23-11-8-10-22-9-6-7-12-25(22)23/h6-14,16-17,20,26H,5,15,18-19H2,1-4H3,(H,29,32). The highest BCUT2D eigenvalue weighted by Crippen LogP contribution is 2.22. The fourth-order valence-electron chi connectivity index (χ4n) is 4.12. The third kappa shape index (κ3) is 6.35. The molecule has 0 radical (unpaired) electrons. The number of hydrogen-bond donors (Lipinski definition) is 1. The van der Waals surface area contributed by atoms with Crippen LogP contribution in [0.15, 0.2) is 66.7 Å². The lowest BCUT2D eigenvalue weighted by Crippen LogP contribution is -2.50. The molecule has 174 valence electrons. The SMILES string of the molecule is CCC(C(=O)NC(C)C)N(Cc1ccc(OC)cc1)C(=O)CCc1cccc2ccccc12. The number of nitrogens with zero attached hydrogens (tertiary/aromatic N) is 1. The fourth-order valence-corrected chi connectivity index (χ4v) is 4.12. The van der Waals surface area contributed by atoms with E-state index in [4.69, 9.17) is 4.74 Å². The van der Waals surface area contributed by atoms with Crippen LogP contribution < -0.4 is 10.1 Å². The van der Waals surface area contributed by atoms with Gasteiger partial charge in [-0.25, -0.2) is 0 Å². The van der Waals surface area contributed by atoms with E-state index >= 15 is 0 Å². The number of ether oxygens (including phenoxy) is 1. The summed E-state index contributed by atoms with van der Waals surface area (Å²) in [4.78, 5) is 28.2. The van der Waals surface area contributed by atoms with Crippen LogP contribution >= 0.6 is 0 Å². The first-order valence-electron chi connectivity index (χ1n) is 11.6. The van der Waals surface area contributed by atoms with Gasteiger partial charge in [-0.1, -0.05) is 61.5 Å². The van der Waals surface area contributed by atoms with Crippen LogP contribution in [-0.2, 0) is 22.6 Å². The second kappa shape index (κ2) is 11.5. The van der Waals surface area contributed by atoms with E-state index in [1.807, 2.05) is 63.2 Å². The fraction of sp³-hybridized carbons (Fsp3) is 0.357. The number of amides is 2. The summed E-state index contributed by atoms with van der Waals surface area (Å²) in [6.45, 7) is 6.19. The van der Waals surface area contributed by atoms with Gasteiger partial charge in [-0.15, -0.1) is 0 Å². The molecule has 3 rings (SSSR count). The average Bonchev–Trinajstić information content (AvgIpc) is 2.82. The molecule has 0 spiro atoms. The summed E-state index contributed by atoms with van der Waals surface area (Å²) in [6.07, 6.45) is 1.52. The lowest BCUT2D eigenvalue weighted by atomic mass is 10.00. The van der Waals surface area contributed by atoms with Crippen LogP contribution in [0.4, 0.5) is 0 Å². The molecule has 0 aliphatic carbocycles. The number of carbonyl (C=O) groups is 2. The summed E-state index contributed by atoms with van der Waals surface area (Å²) in [5.74, 6) is 0.626. The number of methoxy groups -OCH3 is 1. The number of fused-ring (bicyclic) bond motifs is 1. The number of rotatable bonds is 10. The van der Waals surface area contributed by atoms with Crippen molar-refractivity contribution in [2.75, 3.05) is 7.11 Å². The summed E-state index contributed by atoms with van der Waals surface area (Å²) in [6, 6.07) is 21.5. The van der Waals surface area contributed by atoms with Crippen LogP contribution in [0.2, 0.25) is 0 Å². The van der Waals surface area contributed by atoms with E-state index in [0.717, 1.165) is 16.9 Å². The van der Waals surface area contributed by atoms with E-state index in [9.17, 15) is 9.59 Å². The lowest BCUT2D eigenvalue weighted by Gasteiger charge is -2.31. The number of nitrogens with one attached hydrogen (secondary N) is 1. The summed E-state index contributed by atoms with van der Waals surface area (Å²) >= 11 is 0. The number of benzene rings is 3. The zero-order chi connectivity index (χ0) is 23.8. The minimum atomic E-state index is -0.519. The molecule has 0 bridgehead atoms. The first-order chi connectivity index (χ1) is 15.9. The number of carbonyl (C=O) groups excluding carboxylic acids is 2. The van der Waals surface area contributed by atoms with Gasteiger partial charge in [-0.05, 0) is 60.7 Å². The molecule has 3 aromatic rings. The predicted molar refractivity (Wildman–Crippen MR) is 133 cm³/mol. The van der Waals surface area contributed by atoms with E-state index < -0.39 is 6.04 Å². The van der Waals surface area contributed by atoms with Gasteiger partial charge in [0.15, 0.2) is 0 Å². The lowest BCUT2D eigenvalue weighted by molar-refractivity contribution is -0.141. The van der Waals surface area contributed by atoms with Crippen molar-refractivity contribution in [3.63, 3.8) is 0 Å². The van der Waals surface area contributed by atoms with Gasteiger partial charge in [0.2, 0.25) is 11.8 Å². The molecule has 0 heterocycles. The quantitative estimate of drug-likeness (QED) is 0.471. The van der Waals surface area contributed by atoms with Gasteiger partial charge in [0, 0.05) is 19.0 Å². The van der Waals surface area contributed by atoms with Gasteiger partial charge < -0.3 is 15.0 Å². The van der Waals surface area contributed by atoms with E-state index in [1.165, 1.54) is 10.8 Å². The molecule has 1 atom stereocenters. The van der Waals surface area contributed by atoms with Gasteiger partial charge in [-0.2, -0.15) is 0 Å². The maximum absolute atomic E-state index is 13.5. The van der Waals surface area contributed by atoms with Crippen LogP contribution in [-0.4, -0.2) is 35.9 Å². The molecule has 33 heavy (non-hydrogen) atoms. The van der Waals surface area contributed by atoms with Crippen molar-refractivity contribution in [1.82, 2.24) is 10.2 Å². The van der Waals surface area contributed by atoms with E-state index in [2.05, 4.69) is 29.6 Å². The Balaban J connectivity index is 1.82. The van der Waals surface area contributed by atoms with Crippen molar-refractivity contribution >= 4 is 22.6 Å². The van der Waals surface area contributed by atoms with Crippen molar-refractivity contribution in [2.45, 2.75) is 58.7 Å². The van der Waals surface area contributed by atoms with Crippen molar-refractivity contribution in [3.8, 4) is 5.75 Å². The largest absolute Gasteiger partial charge is 0.497 e. The van der Waals surface area contributed by atoms with Crippen molar-refractivity contribution < 1.29 is 14.3 Å². The maximum atomic E-state index is 13.5. The predicted octanol–water partition coefficient (Wildman–Crippen LogP) is 5.11. The first-order valence-corrected chi connectivity index (χ1v) is 11.6. The molecule has 1 N–H and O–H groups in total. The molecule has 3 aromatic carbocycles. The van der Waals surface area contributed by atoms with E-state index in [1.54, 1.807) is 12.0 Å². The van der Waals surface area contributed by atoms with Crippen LogP contribution in [0.1, 0.15) is 44.7 Å². The first kappa shape index (κ1) is 24.3. The Morgan fingerprint density at radius 1 is 0.970 bits per heavy atom. The molecule has 0 aliphatic rings. The zero-order valence-electron chi connectivity index (χ0n) is 20.0. The smallest absolute Gasteiger partial charge is 0.243 e. The van der Waals surface area contributed by atoms with Crippen molar-refractivity contribution in [2.24, 2.45) is 0 Å². The second-order valence-corrected chi connectivity index (χ2v) is 8.60. The van der Waals surface area contributed by atoms with Crippen LogP contribution in [0.25, 0.3) is 10.8 Å². The van der Waals surface area contributed by atoms with Gasteiger partial charge in [0.05, 0.1) is 7.11 Å². The molecule has 1 unspecified atom stereocenters. The summed E-state index contributed by atoms with van der Waals surface area (Å²) in [7, 11) is 1.63. The molecular formula is C28H34N2O3. The Labute approximate surface area is 196 Å². The molecule has 0 saturated carbocycles. The second-order valence-electron chi connectivity index (χ2n) is 8.60. The molecule has 5 heteroatoms. The summed E-state index contributed by atoms with van der Waals surface area (Å²) in [5, 5.41) is 5.31. The van der Waals surface area contributed by atoms with Crippen molar-refractivity contribution in [1.29, 1.82) is 0 Å². The normalized spacial score (nSPS) is 11.9. The monoisotopic (exact) mass is 446 g/mol. The minimum absolute atomic E-state index is 0.0140. The van der Waals surface area contributed by atoms with E-state index in [0.29, 0.717) is 25.8 Å². The maximum Gasteiger partial charge on any atom is 0.243 e. The Bertz CT molecular complexity index is 1070. The summed E-state index contributed by atoms with van der Waals surface area (Å²) in [5.41, 5.74) is 2.11. The highest BCUT2D eigenvalue weighted by molar-refractivity contribution is 5.89. The van der Waals surface area contributed by atoms with Gasteiger partial charge in [-0.3, -0.25) is 9.59 Å². The molecule has 0 aromatic heterocycles. The van der Waals surface area contributed by atoms with Crippen LogP contribution in [0.3, 0.4) is 0 Å². The third-order valence-corrected chi connectivity index (χ3v) is 5.82. The van der Waals surface area contributed by atoms with Gasteiger partial charge in [0.1, 0.15) is 11.8 Å². The molecule has 2 amide bonds. The zero-order valence-corrected chi connectivity index (χ0v) is 20.0. The Morgan fingerprint density at radius 3 is 2.33 bits per heavy atom. The molecule has 0 aliphatic heterocycles. The highest BCUT2D eigenvalue weighted by Gasteiger charge is 2.28. The number of aryl methyl sites for hydroxylation is 1. The van der Waals surface area contributed by atoms with Crippen LogP contribution in [0.5, 0.6) is 5.75 Å². The molecule has 5 nitrogen and oxygen atoms in total.